The molecule has 4 nitrogen and oxygen atoms in total. The van der Waals surface area contributed by atoms with Gasteiger partial charge < -0.3 is 5.11 Å². The number of unbranched alkanes of at least 4 members (excludes halogenated alkanes) is 1. The first-order valence-corrected chi connectivity index (χ1v) is 4.66. The predicted molar refractivity (Wildman–Crippen MR) is 53.8 cm³/mol. The van der Waals surface area contributed by atoms with E-state index in [2.05, 4.69) is 12.0 Å². The summed E-state index contributed by atoms with van der Waals surface area (Å²) in [5, 5.41) is 12.5. The molecule has 76 valence electrons. The van der Waals surface area contributed by atoms with Crippen molar-refractivity contribution in [1.82, 2.24) is 9.78 Å². The minimum atomic E-state index is -0.939. The molecule has 0 fully saturated rings. The summed E-state index contributed by atoms with van der Waals surface area (Å²) < 4.78 is 1.82. The molecule has 1 N–H and O–H groups in total. The third-order valence-corrected chi connectivity index (χ3v) is 1.81. The van der Waals surface area contributed by atoms with Crippen molar-refractivity contribution in [3.8, 4) is 0 Å². The van der Waals surface area contributed by atoms with Crippen LogP contribution in [0.2, 0.25) is 0 Å². The molecule has 0 saturated carbocycles. The second-order valence-electron chi connectivity index (χ2n) is 3.06. The van der Waals surface area contributed by atoms with E-state index in [1.807, 2.05) is 10.9 Å². The van der Waals surface area contributed by atoms with Crippen LogP contribution in [-0.2, 0) is 11.3 Å². The minimum Gasteiger partial charge on any atom is -0.478 e. The van der Waals surface area contributed by atoms with Gasteiger partial charge in [-0.25, -0.2) is 4.79 Å². The zero-order chi connectivity index (χ0) is 10.4. The van der Waals surface area contributed by atoms with Gasteiger partial charge in [-0.05, 0) is 12.5 Å². The number of carbonyl (C=O) groups is 1. The number of carboxylic acids is 1. The lowest BCUT2D eigenvalue weighted by Gasteiger charge is -1.96. The first kappa shape index (κ1) is 10.5. The van der Waals surface area contributed by atoms with E-state index in [9.17, 15) is 4.79 Å². The van der Waals surface area contributed by atoms with Crippen molar-refractivity contribution in [1.29, 1.82) is 0 Å². The van der Waals surface area contributed by atoms with Crippen LogP contribution >= 0.6 is 0 Å². The Kier molecular flexibility index (Phi) is 3.91. The van der Waals surface area contributed by atoms with Gasteiger partial charge in [-0.3, -0.25) is 4.68 Å². The van der Waals surface area contributed by atoms with E-state index >= 15 is 0 Å². The highest BCUT2D eigenvalue weighted by Crippen LogP contribution is 2.02. The molecule has 1 heterocycles. The molecular weight excluding hydrogens is 180 g/mol. The molecule has 0 atom stereocenters. The first-order valence-electron chi connectivity index (χ1n) is 4.66. The Hall–Kier alpha value is -1.58. The van der Waals surface area contributed by atoms with E-state index in [-0.39, 0.29) is 0 Å². The molecule has 0 aromatic carbocycles. The van der Waals surface area contributed by atoms with Gasteiger partial charge in [-0.15, -0.1) is 0 Å². The van der Waals surface area contributed by atoms with Crippen LogP contribution in [-0.4, -0.2) is 20.9 Å². The average molecular weight is 194 g/mol. The number of carboxylic acid groups (broad SMARTS) is 1. The van der Waals surface area contributed by atoms with Gasteiger partial charge >= 0.3 is 5.97 Å². The van der Waals surface area contributed by atoms with E-state index in [4.69, 9.17) is 5.11 Å². The monoisotopic (exact) mass is 194 g/mol. The molecule has 0 radical (unpaired) electrons. The second-order valence-corrected chi connectivity index (χ2v) is 3.06. The highest BCUT2D eigenvalue weighted by atomic mass is 16.4. The third kappa shape index (κ3) is 3.43. The van der Waals surface area contributed by atoms with Gasteiger partial charge in [0.15, 0.2) is 0 Å². The average Bonchev–Trinajstić information content (AvgIpc) is 2.59. The molecule has 1 aromatic heterocycles. The number of aromatic nitrogens is 2. The van der Waals surface area contributed by atoms with Crippen LogP contribution in [0.1, 0.15) is 25.3 Å². The van der Waals surface area contributed by atoms with Gasteiger partial charge in [0.05, 0.1) is 6.20 Å². The van der Waals surface area contributed by atoms with Gasteiger partial charge in [-0.2, -0.15) is 5.10 Å². The van der Waals surface area contributed by atoms with Crippen molar-refractivity contribution in [2.24, 2.45) is 0 Å². The molecule has 0 saturated heterocycles. The largest absolute Gasteiger partial charge is 0.478 e. The molecule has 0 unspecified atom stereocenters. The first-order chi connectivity index (χ1) is 6.72. The Balaban J connectivity index is 2.54. The Morgan fingerprint density at radius 1 is 1.71 bits per heavy atom. The maximum Gasteiger partial charge on any atom is 0.328 e. The summed E-state index contributed by atoms with van der Waals surface area (Å²) in [6, 6.07) is 0. The number of hydrogen-bond acceptors (Lipinski definition) is 2. The Morgan fingerprint density at radius 2 is 2.50 bits per heavy atom. The van der Waals surface area contributed by atoms with Gasteiger partial charge in [0.2, 0.25) is 0 Å². The summed E-state index contributed by atoms with van der Waals surface area (Å²) in [5.41, 5.74) is 0.823. The van der Waals surface area contributed by atoms with Crippen molar-refractivity contribution in [2.75, 3.05) is 0 Å². The molecule has 0 amide bonds. The lowest BCUT2D eigenvalue weighted by molar-refractivity contribution is -0.131. The summed E-state index contributed by atoms with van der Waals surface area (Å²) >= 11 is 0. The lowest BCUT2D eigenvalue weighted by Crippen LogP contribution is -1.96. The molecule has 0 bridgehead atoms. The molecule has 14 heavy (non-hydrogen) atoms. The third-order valence-electron chi connectivity index (χ3n) is 1.81. The molecule has 4 heteroatoms. The van der Waals surface area contributed by atoms with Crippen molar-refractivity contribution < 1.29 is 9.90 Å². The van der Waals surface area contributed by atoms with Crippen molar-refractivity contribution in [3.63, 3.8) is 0 Å². The molecule has 1 aromatic rings. The molecule has 1 rings (SSSR count). The van der Waals surface area contributed by atoms with E-state index < -0.39 is 5.97 Å². The van der Waals surface area contributed by atoms with Crippen LogP contribution in [0.15, 0.2) is 18.5 Å². The van der Waals surface area contributed by atoms with Crippen LogP contribution in [0, 0.1) is 0 Å². The van der Waals surface area contributed by atoms with Gasteiger partial charge in [-0.1, -0.05) is 13.3 Å². The van der Waals surface area contributed by atoms with Crippen molar-refractivity contribution >= 4 is 12.0 Å². The highest BCUT2D eigenvalue weighted by Gasteiger charge is 1.95. The standard InChI is InChI=1S/C10H14N2O2/c1-2-3-6-12-8-9(7-11-12)4-5-10(13)14/h4-5,7-8H,2-3,6H2,1H3,(H,13,14)/b5-4+. The van der Waals surface area contributed by atoms with E-state index in [0.29, 0.717) is 0 Å². The highest BCUT2D eigenvalue weighted by molar-refractivity contribution is 5.85. The zero-order valence-corrected chi connectivity index (χ0v) is 8.18. The Morgan fingerprint density at radius 3 is 3.14 bits per heavy atom. The fraction of sp³-hybridized carbons (Fsp3) is 0.400. The topological polar surface area (TPSA) is 55.1 Å². The second kappa shape index (κ2) is 5.21. The zero-order valence-electron chi connectivity index (χ0n) is 8.18. The summed E-state index contributed by atoms with van der Waals surface area (Å²) in [5.74, 6) is -0.939. The van der Waals surface area contributed by atoms with Gasteiger partial charge in [0.1, 0.15) is 0 Å². The van der Waals surface area contributed by atoms with Gasteiger partial charge in [0.25, 0.3) is 0 Å². The predicted octanol–water partition coefficient (Wildman–Crippen LogP) is 1.78. The van der Waals surface area contributed by atoms with Crippen molar-refractivity contribution in [3.05, 3.63) is 24.0 Å². The smallest absolute Gasteiger partial charge is 0.328 e. The number of rotatable bonds is 5. The van der Waals surface area contributed by atoms with Gasteiger partial charge in [0, 0.05) is 24.4 Å². The molecule has 0 aliphatic carbocycles. The van der Waals surface area contributed by atoms with E-state index in [1.54, 1.807) is 6.20 Å². The van der Waals surface area contributed by atoms with E-state index in [1.165, 1.54) is 6.08 Å². The maximum atomic E-state index is 10.2. The summed E-state index contributed by atoms with van der Waals surface area (Å²) in [6.45, 7) is 3.01. The van der Waals surface area contributed by atoms with Crippen LogP contribution < -0.4 is 0 Å². The lowest BCUT2D eigenvalue weighted by atomic mass is 10.3. The summed E-state index contributed by atoms with van der Waals surface area (Å²) in [7, 11) is 0. The number of aryl methyl sites for hydroxylation is 1. The SMILES string of the molecule is CCCCn1cc(/C=C/C(=O)O)cn1. The summed E-state index contributed by atoms with van der Waals surface area (Å²) in [6.07, 6.45) is 8.37. The molecule has 0 aliphatic rings. The fourth-order valence-corrected chi connectivity index (χ4v) is 1.08. The normalized spacial score (nSPS) is 10.9. The van der Waals surface area contributed by atoms with E-state index in [0.717, 1.165) is 31.0 Å². The minimum absolute atomic E-state index is 0.823. The number of nitrogens with zero attached hydrogens (tertiary/aromatic N) is 2. The number of hydrogen-bond donors (Lipinski definition) is 1. The molecule has 0 spiro atoms. The Labute approximate surface area is 82.9 Å². The van der Waals surface area contributed by atoms with Crippen LogP contribution in [0.25, 0.3) is 6.08 Å². The van der Waals surface area contributed by atoms with Crippen molar-refractivity contribution in [2.45, 2.75) is 26.3 Å². The van der Waals surface area contributed by atoms with Crippen LogP contribution in [0.4, 0.5) is 0 Å². The Bertz CT molecular complexity index is 329. The number of aliphatic carboxylic acids is 1. The quantitative estimate of drug-likeness (QED) is 0.727. The van der Waals surface area contributed by atoms with Crippen LogP contribution in [0.5, 0.6) is 0 Å². The van der Waals surface area contributed by atoms with Crippen LogP contribution in [0.3, 0.4) is 0 Å². The molecule has 0 aliphatic heterocycles. The fourth-order valence-electron chi connectivity index (χ4n) is 1.08. The summed E-state index contributed by atoms with van der Waals surface area (Å²) in [4.78, 5) is 10.2. The molecular formula is C10H14N2O2. The maximum absolute atomic E-state index is 10.2.